The zero-order chi connectivity index (χ0) is 15.5. The van der Waals surface area contributed by atoms with Crippen LogP contribution in [0.15, 0.2) is 10.3 Å². The third-order valence-electron chi connectivity index (χ3n) is 3.07. The molecule has 1 N–H and O–H groups in total. The lowest BCUT2D eigenvalue weighted by Crippen LogP contribution is -2.37. The van der Waals surface area contributed by atoms with Crippen LogP contribution in [0.2, 0.25) is 0 Å². The molecule has 0 saturated carbocycles. The third kappa shape index (κ3) is 3.55. The van der Waals surface area contributed by atoms with Gasteiger partial charge in [-0.25, -0.2) is 13.2 Å². The van der Waals surface area contributed by atoms with E-state index in [1.165, 1.54) is 10.4 Å². The molecule has 0 spiro atoms. The molecule has 1 unspecified atom stereocenters. The van der Waals surface area contributed by atoms with Gasteiger partial charge in [0.1, 0.15) is 9.09 Å². The summed E-state index contributed by atoms with van der Waals surface area (Å²) in [4.78, 5) is 11.1. The Hall–Kier alpha value is -0.570. The SMILES string of the molecule is CCC(CSC)N(C)S(=O)(=O)c1cc(C)c(C(=O)O)s1. The van der Waals surface area contributed by atoms with E-state index in [9.17, 15) is 13.2 Å². The van der Waals surface area contributed by atoms with Gasteiger partial charge in [0, 0.05) is 18.8 Å². The van der Waals surface area contributed by atoms with Gasteiger partial charge in [-0.15, -0.1) is 11.3 Å². The van der Waals surface area contributed by atoms with Crippen molar-refractivity contribution in [1.29, 1.82) is 0 Å². The number of carboxylic acids is 1. The first-order valence-electron chi connectivity index (χ1n) is 6.06. The number of aryl methyl sites for hydroxylation is 1. The van der Waals surface area contributed by atoms with Crippen LogP contribution in [0.1, 0.15) is 28.6 Å². The molecule has 1 rings (SSSR count). The fourth-order valence-corrected chi connectivity index (χ4v) is 5.73. The van der Waals surface area contributed by atoms with E-state index >= 15 is 0 Å². The number of carbonyl (C=O) groups is 1. The lowest BCUT2D eigenvalue weighted by molar-refractivity contribution is 0.0701. The summed E-state index contributed by atoms with van der Waals surface area (Å²) in [6.45, 7) is 3.55. The molecule has 0 amide bonds. The largest absolute Gasteiger partial charge is 0.477 e. The number of aromatic carboxylic acids is 1. The number of hydrogen-bond donors (Lipinski definition) is 1. The second kappa shape index (κ2) is 6.93. The molecule has 1 atom stereocenters. The first-order chi connectivity index (χ1) is 9.25. The monoisotopic (exact) mass is 337 g/mol. The van der Waals surface area contributed by atoms with E-state index in [0.717, 1.165) is 11.3 Å². The van der Waals surface area contributed by atoms with E-state index in [4.69, 9.17) is 5.11 Å². The summed E-state index contributed by atoms with van der Waals surface area (Å²) in [5.41, 5.74) is 0.479. The zero-order valence-corrected chi connectivity index (χ0v) is 14.4. The van der Waals surface area contributed by atoms with Crippen molar-refractivity contribution in [3.63, 3.8) is 0 Å². The highest BCUT2D eigenvalue weighted by Gasteiger charge is 2.29. The van der Waals surface area contributed by atoms with Gasteiger partial charge in [0.05, 0.1) is 0 Å². The Morgan fingerprint density at radius 1 is 1.55 bits per heavy atom. The van der Waals surface area contributed by atoms with Gasteiger partial charge in [0.25, 0.3) is 10.0 Å². The molecule has 0 fully saturated rings. The normalized spacial score (nSPS) is 13.7. The Labute approximate surface area is 128 Å². The molecular weight excluding hydrogens is 318 g/mol. The van der Waals surface area contributed by atoms with Crippen LogP contribution >= 0.6 is 23.1 Å². The molecule has 0 saturated heterocycles. The fourth-order valence-electron chi connectivity index (χ4n) is 1.80. The Morgan fingerprint density at radius 3 is 2.55 bits per heavy atom. The van der Waals surface area contributed by atoms with Gasteiger partial charge in [-0.3, -0.25) is 0 Å². The highest BCUT2D eigenvalue weighted by Crippen LogP contribution is 2.29. The van der Waals surface area contributed by atoms with E-state index in [1.54, 1.807) is 25.7 Å². The number of thiophene rings is 1. The molecule has 0 aliphatic rings. The predicted molar refractivity (Wildman–Crippen MR) is 83.4 cm³/mol. The smallest absolute Gasteiger partial charge is 0.346 e. The summed E-state index contributed by atoms with van der Waals surface area (Å²) >= 11 is 2.40. The van der Waals surface area contributed by atoms with Crippen molar-refractivity contribution in [1.82, 2.24) is 4.31 Å². The van der Waals surface area contributed by atoms with Crippen LogP contribution in [0.5, 0.6) is 0 Å². The van der Waals surface area contributed by atoms with E-state index in [1.807, 2.05) is 13.2 Å². The van der Waals surface area contributed by atoms with Crippen LogP contribution < -0.4 is 0 Å². The lowest BCUT2D eigenvalue weighted by Gasteiger charge is -2.25. The third-order valence-corrected chi connectivity index (χ3v) is 7.37. The Kier molecular flexibility index (Phi) is 6.06. The van der Waals surface area contributed by atoms with Crippen molar-refractivity contribution in [3.8, 4) is 0 Å². The molecule has 0 aliphatic heterocycles. The average Bonchev–Trinajstić information content (AvgIpc) is 2.78. The molecule has 1 heterocycles. The lowest BCUT2D eigenvalue weighted by atomic mass is 10.3. The minimum atomic E-state index is -3.63. The predicted octanol–water partition coefficient (Wildman–Crippen LogP) is 2.52. The van der Waals surface area contributed by atoms with Crippen molar-refractivity contribution < 1.29 is 18.3 Å². The van der Waals surface area contributed by atoms with Gasteiger partial charge in [-0.05, 0) is 31.2 Å². The maximum atomic E-state index is 12.5. The van der Waals surface area contributed by atoms with Crippen LogP contribution in [-0.4, -0.2) is 48.9 Å². The number of rotatable bonds is 7. The molecule has 8 heteroatoms. The Bertz CT molecular complexity index is 580. The summed E-state index contributed by atoms with van der Waals surface area (Å²) in [5, 5.41) is 9.02. The molecule has 0 bridgehead atoms. The van der Waals surface area contributed by atoms with E-state index in [0.29, 0.717) is 17.7 Å². The van der Waals surface area contributed by atoms with Crippen LogP contribution in [0, 0.1) is 6.92 Å². The summed E-state index contributed by atoms with van der Waals surface area (Å²) in [6, 6.07) is 1.34. The summed E-state index contributed by atoms with van der Waals surface area (Å²) in [6.07, 6.45) is 2.65. The molecular formula is C12H19NO4S3. The molecule has 0 aliphatic carbocycles. The quantitative estimate of drug-likeness (QED) is 0.827. The molecule has 5 nitrogen and oxygen atoms in total. The molecule has 20 heavy (non-hydrogen) atoms. The van der Waals surface area contributed by atoms with Gasteiger partial charge >= 0.3 is 5.97 Å². The Balaban J connectivity index is 3.16. The van der Waals surface area contributed by atoms with Gasteiger partial charge in [-0.2, -0.15) is 16.1 Å². The van der Waals surface area contributed by atoms with Crippen LogP contribution in [0.25, 0.3) is 0 Å². The molecule has 114 valence electrons. The highest BCUT2D eigenvalue weighted by molar-refractivity contribution is 7.98. The van der Waals surface area contributed by atoms with Gasteiger partial charge in [0.2, 0.25) is 0 Å². The fraction of sp³-hybridized carbons (Fsp3) is 0.583. The molecule has 0 radical (unpaired) electrons. The minimum Gasteiger partial charge on any atom is -0.477 e. The number of thioether (sulfide) groups is 1. The van der Waals surface area contributed by atoms with E-state index in [-0.39, 0.29) is 15.1 Å². The first kappa shape index (κ1) is 17.5. The maximum Gasteiger partial charge on any atom is 0.346 e. The molecule has 1 aromatic rings. The summed E-state index contributed by atoms with van der Waals surface area (Å²) in [7, 11) is -2.08. The Morgan fingerprint density at radius 2 is 2.15 bits per heavy atom. The van der Waals surface area contributed by atoms with Crippen molar-refractivity contribution in [3.05, 3.63) is 16.5 Å². The highest BCUT2D eigenvalue weighted by atomic mass is 32.2. The standard InChI is InChI=1S/C12H19NO4S3/c1-5-9(7-18-4)13(3)20(16,17)10-6-8(2)11(19-10)12(14)15/h6,9H,5,7H2,1-4H3,(H,14,15). The number of sulfonamides is 1. The summed E-state index contributed by atoms with van der Waals surface area (Å²) in [5.74, 6) is -0.379. The topological polar surface area (TPSA) is 74.7 Å². The number of hydrogen-bond acceptors (Lipinski definition) is 5. The second-order valence-electron chi connectivity index (χ2n) is 4.42. The maximum absolute atomic E-state index is 12.5. The summed E-state index contributed by atoms with van der Waals surface area (Å²) < 4.78 is 26.5. The van der Waals surface area contributed by atoms with E-state index < -0.39 is 16.0 Å². The first-order valence-corrected chi connectivity index (χ1v) is 9.71. The van der Waals surface area contributed by atoms with Crippen molar-refractivity contribution >= 4 is 39.1 Å². The van der Waals surface area contributed by atoms with Crippen LogP contribution in [0.3, 0.4) is 0 Å². The molecule has 0 aromatic carbocycles. The minimum absolute atomic E-state index is 0.0786. The number of nitrogens with zero attached hydrogens (tertiary/aromatic N) is 1. The second-order valence-corrected chi connectivity index (χ2v) is 8.61. The van der Waals surface area contributed by atoms with Crippen LogP contribution in [0.4, 0.5) is 0 Å². The van der Waals surface area contributed by atoms with Gasteiger partial charge < -0.3 is 5.11 Å². The zero-order valence-electron chi connectivity index (χ0n) is 11.9. The van der Waals surface area contributed by atoms with Crippen molar-refractivity contribution in [2.45, 2.75) is 30.5 Å². The van der Waals surface area contributed by atoms with Gasteiger partial charge in [0.15, 0.2) is 0 Å². The van der Waals surface area contributed by atoms with E-state index in [2.05, 4.69) is 0 Å². The molecule has 1 aromatic heterocycles. The van der Waals surface area contributed by atoms with Crippen molar-refractivity contribution in [2.24, 2.45) is 0 Å². The van der Waals surface area contributed by atoms with Gasteiger partial charge in [-0.1, -0.05) is 6.92 Å². The van der Waals surface area contributed by atoms with Crippen molar-refractivity contribution in [2.75, 3.05) is 19.1 Å². The average molecular weight is 337 g/mol. The number of carboxylic acid groups (broad SMARTS) is 1. The van der Waals surface area contributed by atoms with Crippen LogP contribution in [-0.2, 0) is 10.0 Å².